The lowest BCUT2D eigenvalue weighted by Crippen LogP contribution is -2.40. The van der Waals surface area contributed by atoms with Gasteiger partial charge in [-0.2, -0.15) is 0 Å². The average molecular weight is 230 g/mol. The minimum absolute atomic E-state index is 0.238. The summed E-state index contributed by atoms with van der Waals surface area (Å²) >= 11 is 0. The average Bonchev–Trinajstić information content (AvgIpc) is 2.29. The first-order valence-corrected chi connectivity index (χ1v) is 4.58. The molecule has 0 saturated carbocycles. The Kier molecular flexibility index (Phi) is 3.92. The van der Waals surface area contributed by atoms with Crippen molar-refractivity contribution in [1.29, 1.82) is 0 Å². The van der Waals surface area contributed by atoms with Crippen LogP contribution in [-0.2, 0) is 4.79 Å². The van der Waals surface area contributed by atoms with Gasteiger partial charge in [0.1, 0.15) is 17.7 Å². The number of nitrogens with zero attached hydrogens (tertiary/aromatic N) is 1. The maximum Gasteiger partial charge on any atom is 0.256 e. The van der Waals surface area contributed by atoms with Crippen LogP contribution in [-0.4, -0.2) is 30.7 Å². The molecule has 1 atom stereocenters. The normalized spacial score (nSPS) is 12.3. The third kappa shape index (κ3) is 2.53. The summed E-state index contributed by atoms with van der Waals surface area (Å²) in [4.78, 5) is 12.3. The van der Waals surface area contributed by atoms with E-state index in [1.807, 2.05) is 0 Å². The Labute approximate surface area is 91.3 Å². The Bertz CT molecular complexity index is 398. The summed E-state index contributed by atoms with van der Waals surface area (Å²) < 4.78 is 26.1. The Morgan fingerprint density at radius 2 is 2.19 bits per heavy atom. The highest BCUT2D eigenvalue weighted by Gasteiger charge is 2.21. The maximum absolute atomic E-state index is 13.3. The van der Waals surface area contributed by atoms with E-state index in [9.17, 15) is 18.7 Å². The lowest BCUT2D eigenvalue weighted by atomic mass is 10.2. The quantitative estimate of drug-likeness (QED) is 0.782. The van der Waals surface area contributed by atoms with Crippen LogP contribution in [0.15, 0.2) is 18.2 Å². The molecule has 88 valence electrons. The number of carbonyl (C=O) groups excluding carboxylic acids is 1. The molecule has 0 bridgehead atoms. The van der Waals surface area contributed by atoms with Crippen molar-refractivity contribution in [2.75, 3.05) is 18.5 Å². The molecule has 0 heterocycles. The number of benzene rings is 1. The van der Waals surface area contributed by atoms with E-state index in [4.69, 9.17) is 5.73 Å². The Hall–Kier alpha value is -1.53. The summed E-state index contributed by atoms with van der Waals surface area (Å²) in [5.41, 5.74) is 4.85. The maximum atomic E-state index is 13.3. The zero-order valence-corrected chi connectivity index (χ0v) is 8.65. The lowest BCUT2D eigenvalue weighted by molar-refractivity contribution is -0.125. The van der Waals surface area contributed by atoms with Crippen LogP contribution in [0.1, 0.15) is 0 Å². The van der Waals surface area contributed by atoms with Gasteiger partial charge < -0.3 is 15.7 Å². The van der Waals surface area contributed by atoms with Crippen LogP contribution < -0.4 is 10.6 Å². The van der Waals surface area contributed by atoms with E-state index in [1.54, 1.807) is 0 Å². The molecular weight excluding hydrogens is 218 g/mol. The molecule has 1 amide bonds. The Morgan fingerprint density at radius 3 is 2.75 bits per heavy atom. The molecule has 1 aromatic rings. The van der Waals surface area contributed by atoms with Crippen LogP contribution in [0, 0.1) is 11.6 Å². The van der Waals surface area contributed by atoms with Gasteiger partial charge in [-0.1, -0.05) is 0 Å². The van der Waals surface area contributed by atoms with Gasteiger partial charge >= 0.3 is 0 Å². The molecule has 4 nitrogen and oxygen atoms in total. The molecule has 6 heteroatoms. The fourth-order valence-corrected chi connectivity index (χ4v) is 1.19. The van der Waals surface area contributed by atoms with E-state index in [-0.39, 0.29) is 12.2 Å². The molecule has 1 unspecified atom stereocenters. The van der Waals surface area contributed by atoms with Crippen molar-refractivity contribution in [3.8, 4) is 0 Å². The summed E-state index contributed by atoms with van der Waals surface area (Å²) in [6.45, 7) is -0.278. The Morgan fingerprint density at radius 1 is 1.56 bits per heavy atom. The molecule has 16 heavy (non-hydrogen) atoms. The monoisotopic (exact) mass is 230 g/mol. The van der Waals surface area contributed by atoms with Gasteiger partial charge in [-0.3, -0.25) is 4.79 Å². The van der Waals surface area contributed by atoms with Crippen LogP contribution in [0.5, 0.6) is 0 Å². The number of amides is 1. The van der Waals surface area contributed by atoms with Gasteiger partial charge in [-0.25, -0.2) is 8.78 Å². The topological polar surface area (TPSA) is 66.6 Å². The third-order valence-corrected chi connectivity index (χ3v) is 2.11. The van der Waals surface area contributed by atoms with Crippen molar-refractivity contribution in [2.45, 2.75) is 6.10 Å². The molecule has 0 saturated heterocycles. The molecule has 0 spiro atoms. The number of nitrogens with two attached hydrogens (primary N) is 1. The van der Waals surface area contributed by atoms with Gasteiger partial charge in [0.05, 0.1) is 5.69 Å². The molecule has 0 aliphatic carbocycles. The summed E-state index contributed by atoms with van der Waals surface area (Å²) in [5, 5.41) is 9.19. The number of aliphatic hydroxyl groups excluding tert-OH is 1. The number of halogens is 2. The number of likely N-dealkylation sites (N-methyl/N-ethyl adjacent to an activating group) is 1. The molecule has 0 fully saturated rings. The van der Waals surface area contributed by atoms with Crippen molar-refractivity contribution in [2.24, 2.45) is 5.73 Å². The van der Waals surface area contributed by atoms with E-state index >= 15 is 0 Å². The molecule has 1 aromatic carbocycles. The van der Waals surface area contributed by atoms with E-state index < -0.39 is 23.6 Å². The SMILES string of the molecule is CN(C(=O)C(O)CN)c1cc(F)ccc1F. The van der Waals surface area contributed by atoms with E-state index in [2.05, 4.69) is 0 Å². The number of rotatable bonds is 3. The summed E-state index contributed by atoms with van der Waals surface area (Å²) in [7, 11) is 1.24. The van der Waals surface area contributed by atoms with E-state index in [0.717, 1.165) is 23.1 Å². The largest absolute Gasteiger partial charge is 0.382 e. The minimum atomic E-state index is -1.42. The van der Waals surface area contributed by atoms with Gasteiger partial charge in [0.15, 0.2) is 0 Å². The molecule has 0 aliphatic rings. The molecule has 0 aromatic heterocycles. The highest BCUT2D eigenvalue weighted by Crippen LogP contribution is 2.19. The van der Waals surface area contributed by atoms with Crippen LogP contribution in [0.4, 0.5) is 14.5 Å². The standard InChI is InChI=1S/C10H12F2N2O2/c1-14(10(16)9(15)5-13)8-4-6(11)2-3-7(8)12/h2-4,9,15H,5,13H2,1H3. The highest BCUT2D eigenvalue weighted by atomic mass is 19.1. The first-order valence-electron chi connectivity index (χ1n) is 4.58. The highest BCUT2D eigenvalue weighted by molar-refractivity contribution is 5.96. The smallest absolute Gasteiger partial charge is 0.256 e. The van der Waals surface area contributed by atoms with Crippen molar-refractivity contribution >= 4 is 11.6 Å². The van der Waals surface area contributed by atoms with Crippen LogP contribution in [0.25, 0.3) is 0 Å². The molecule has 1 rings (SSSR count). The fourth-order valence-electron chi connectivity index (χ4n) is 1.19. The van der Waals surface area contributed by atoms with Crippen molar-refractivity contribution < 1.29 is 18.7 Å². The first-order chi connectivity index (χ1) is 7.47. The number of aliphatic hydroxyl groups is 1. The second-order valence-electron chi connectivity index (χ2n) is 3.24. The van der Waals surface area contributed by atoms with E-state index in [1.165, 1.54) is 7.05 Å². The zero-order chi connectivity index (χ0) is 12.3. The molecule has 0 aliphatic heterocycles. The van der Waals surface area contributed by atoms with E-state index in [0.29, 0.717) is 0 Å². The fraction of sp³-hybridized carbons (Fsp3) is 0.300. The molecule has 3 N–H and O–H groups in total. The third-order valence-electron chi connectivity index (χ3n) is 2.11. The van der Waals surface area contributed by atoms with Gasteiger partial charge in [0.25, 0.3) is 5.91 Å². The van der Waals surface area contributed by atoms with Gasteiger partial charge in [0, 0.05) is 19.7 Å². The van der Waals surface area contributed by atoms with Gasteiger partial charge in [-0.15, -0.1) is 0 Å². The van der Waals surface area contributed by atoms with Crippen LogP contribution in [0.3, 0.4) is 0 Å². The van der Waals surface area contributed by atoms with Crippen LogP contribution >= 0.6 is 0 Å². The molecular formula is C10H12F2N2O2. The summed E-state index contributed by atoms with van der Waals surface area (Å²) in [5.74, 6) is -2.20. The predicted octanol–water partition coefficient (Wildman–Crippen LogP) is 0.247. The minimum Gasteiger partial charge on any atom is -0.382 e. The molecule has 0 radical (unpaired) electrons. The Balaban J connectivity index is 3.00. The zero-order valence-electron chi connectivity index (χ0n) is 8.65. The van der Waals surface area contributed by atoms with Crippen LogP contribution in [0.2, 0.25) is 0 Å². The first kappa shape index (κ1) is 12.5. The number of anilines is 1. The lowest BCUT2D eigenvalue weighted by Gasteiger charge is -2.20. The number of hydrogen-bond donors (Lipinski definition) is 2. The summed E-state index contributed by atoms with van der Waals surface area (Å²) in [6.07, 6.45) is -1.42. The second-order valence-corrected chi connectivity index (χ2v) is 3.24. The van der Waals surface area contributed by atoms with Gasteiger partial charge in [-0.05, 0) is 12.1 Å². The summed E-state index contributed by atoms with van der Waals surface area (Å²) in [6, 6.07) is 2.72. The number of carbonyl (C=O) groups is 1. The predicted molar refractivity (Wildman–Crippen MR) is 54.8 cm³/mol. The number of hydrogen-bond acceptors (Lipinski definition) is 3. The van der Waals surface area contributed by atoms with Gasteiger partial charge in [0.2, 0.25) is 0 Å². The van der Waals surface area contributed by atoms with Crippen molar-refractivity contribution in [1.82, 2.24) is 0 Å². The second kappa shape index (κ2) is 5.00. The van der Waals surface area contributed by atoms with Crippen molar-refractivity contribution in [3.63, 3.8) is 0 Å². The van der Waals surface area contributed by atoms with Crippen molar-refractivity contribution in [3.05, 3.63) is 29.8 Å².